The van der Waals surface area contributed by atoms with Crippen LogP contribution in [0.25, 0.3) is 0 Å². The van der Waals surface area contributed by atoms with Crippen molar-refractivity contribution in [2.24, 2.45) is 0 Å². The Morgan fingerprint density at radius 1 is 1.45 bits per heavy atom. The standard InChI is InChI=1S/C15H20N2O3/c1-15(7-4-8-19-10-15)17-14(18)13-9-16-11-5-2-3-6-12(11)20-13/h2-3,5-6,13,16H,4,7-10H2,1H3,(H,17,18). The summed E-state index contributed by atoms with van der Waals surface area (Å²) in [5, 5.41) is 6.29. The van der Waals surface area contributed by atoms with Crippen molar-refractivity contribution in [1.29, 1.82) is 0 Å². The minimum atomic E-state index is -0.497. The number of rotatable bonds is 2. The maximum atomic E-state index is 12.3. The number of benzene rings is 1. The largest absolute Gasteiger partial charge is 0.477 e. The van der Waals surface area contributed by atoms with Gasteiger partial charge in [0.25, 0.3) is 5.91 Å². The Morgan fingerprint density at radius 3 is 3.10 bits per heavy atom. The van der Waals surface area contributed by atoms with Crippen molar-refractivity contribution in [3.8, 4) is 5.75 Å². The molecule has 1 aromatic rings. The summed E-state index contributed by atoms with van der Waals surface area (Å²) in [4.78, 5) is 12.3. The Kier molecular flexibility index (Phi) is 3.53. The second-order valence-electron chi connectivity index (χ2n) is 5.69. The maximum absolute atomic E-state index is 12.3. The molecule has 3 rings (SSSR count). The normalized spacial score (nSPS) is 28.8. The molecule has 1 aromatic carbocycles. The van der Waals surface area contributed by atoms with E-state index in [9.17, 15) is 4.79 Å². The van der Waals surface area contributed by atoms with Crippen LogP contribution in [-0.4, -0.2) is 37.3 Å². The lowest BCUT2D eigenvalue weighted by molar-refractivity contribution is -0.131. The Bertz CT molecular complexity index is 498. The van der Waals surface area contributed by atoms with Crippen LogP contribution in [0.1, 0.15) is 19.8 Å². The summed E-state index contributed by atoms with van der Waals surface area (Å²) >= 11 is 0. The van der Waals surface area contributed by atoms with Crippen molar-refractivity contribution in [2.75, 3.05) is 25.1 Å². The SMILES string of the molecule is CC1(NC(=O)C2CNc3ccccc3O2)CCCOC1. The van der Waals surface area contributed by atoms with E-state index in [0.717, 1.165) is 30.9 Å². The molecule has 0 spiro atoms. The molecular weight excluding hydrogens is 256 g/mol. The quantitative estimate of drug-likeness (QED) is 0.860. The average Bonchev–Trinajstić information content (AvgIpc) is 2.47. The number of anilines is 1. The molecule has 2 heterocycles. The van der Waals surface area contributed by atoms with E-state index >= 15 is 0 Å². The van der Waals surface area contributed by atoms with Gasteiger partial charge in [0.2, 0.25) is 0 Å². The molecule has 0 radical (unpaired) electrons. The molecule has 5 nitrogen and oxygen atoms in total. The molecule has 2 aliphatic rings. The minimum Gasteiger partial charge on any atom is -0.477 e. The fourth-order valence-electron chi connectivity index (χ4n) is 2.67. The molecule has 5 heteroatoms. The summed E-state index contributed by atoms with van der Waals surface area (Å²) < 4.78 is 11.2. The number of amides is 1. The van der Waals surface area contributed by atoms with Gasteiger partial charge < -0.3 is 20.1 Å². The van der Waals surface area contributed by atoms with E-state index in [4.69, 9.17) is 9.47 Å². The highest BCUT2D eigenvalue weighted by Crippen LogP contribution is 2.28. The van der Waals surface area contributed by atoms with Crippen molar-refractivity contribution in [2.45, 2.75) is 31.4 Å². The van der Waals surface area contributed by atoms with Gasteiger partial charge in [-0.05, 0) is 31.9 Å². The first-order valence-corrected chi connectivity index (χ1v) is 7.06. The van der Waals surface area contributed by atoms with E-state index in [1.54, 1.807) is 0 Å². The number of fused-ring (bicyclic) bond motifs is 1. The Morgan fingerprint density at radius 2 is 2.30 bits per heavy atom. The highest BCUT2D eigenvalue weighted by Gasteiger charge is 2.34. The molecule has 2 aliphatic heterocycles. The molecule has 0 saturated carbocycles. The van der Waals surface area contributed by atoms with Gasteiger partial charge in [0, 0.05) is 6.61 Å². The number of ether oxygens (including phenoxy) is 2. The van der Waals surface area contributed by atoms with Gasteiger partial charge in [-0.3, -0.25) is 4.79 Å². The smallest absolute Gasteiger partial charge is 0.263 e. The average molecular weight is 276 g/mol. The molecule has 1 saturated heterocycles. The molecule has 2 atom stereocenters. The second kappa shape index (κ2) is 5.32. The predicted molar refractivity (Wildman–Crippen MR) is 75.9 cm³/mol. The molecule has 1 fully saturated rings. The Balaban J connectivity index is 1.64. The van der Waals surface area contributed by atoms with Crippen LogP contribution in [0.5, 0.6) is 5.75 Å². The summed E-state index contributed by atoms with van der Waals surface area (Å²) in [6.07, 6.45) is 1.42. The topological polar surface area (TPSA) is 59.6 Å². The molecular formula is C15H20N2O3. The maximum Gasteiger partial charge on any atom is 0.263 e. The van der Waals surface area contributed by atoms with Crippen molar-refractivity contribution in [1.82, 2.24) is 5.32 Å². The van der Waals surface area contributed by atoms with Crippen molar-refractivity contribution < 1.29 is 14.3 Å². The van der Waals surface area contributed by atoms with Gasteiger partial charge in [0.1, 0.15) is 5.75 Å². The third kappa shape index (κ3) is 2.72. The molecule has 1 amide bonds. The van der Waals surface area contributed by atoms with Gasteiger partial charge in [-0.25, -0.2) is 0 Å². The Labute approximate surface area is 118 Å². The fourth-order valence-corrected chi connectivity index (χ4v) is 2.67. The van der Waals surface area contributed by atoms with E-state index in [-0.39, 0.29) is 11.4 Å². The molecule has 0 bridgehead atoms. The zero-order valence-corrected chi connectivity index (χ0v) is 11.6. The number of nitrogens with one attached hydrogen (secondary N) is 2. The molecule has 108 valence electrons. The van der Waals surface area contributed by atoms with Gasteiger partial charge in [0.05, 0.1) is 24.4 Å². The van der Waals surface area contributed by atoms with Gasteiger partial charge in [0.15, 0.2) is 6.10 Å². The summed E-state index contributed by atoms with van der Waals surface area (Å²) in [7, 11) is 0. The van der Waals surface area contributed by atoms with Crippen molar-refractivity contribution >= 4 is 11.6 Å². The minimum absolute atomic E-state index is 0.0833. The highest BCUT2D eigenvalue weighted by molar-refractivity contribution is 5.83. The van der Waals surface area contributed by atoms with Gasteiger partial charge in [-0.2, -0.15) is 0 Å². The highest BCUT2D eigenvalue weighted by atomic mass is 16.5. The van der Waals surface area contributed by atoms with Gasteiger partial charge >= 0.3 is 0 Å². The summed E-state index contributed by atoms with van der Waals surface area (Å²) in [6.45, 7) is 3.85. The lowest BCUT2D eigenvalue weighted by atomic mass is 9.94. The van der Waals surface area contributed by atoms with Crippen LogP contribution in [0.4, 0.5) is 5.69 Å². The summed E-state index contributed by atoms with van der Waals surface area (Å²) in [5.74, 6) is 0.643. The number of carbonyl (C=O) groups is 1. The van der Waals surface area contributed by atoms with E-state index in [1.165, 1.54) is 0 Å². The van der Waals surface area contributed by atoms with E-state index in [2.05, 4.69) is 10.6 Å². The number of hydrogen-bond acceptors (Lipinski definition) is 4. The van der Waals surface area contributed by atoms with E-state index in [1.807, 2.05) is 31.2 Å². The van der Waals surface area contributed by atoms with Crippen LogP contribution in [0, 0.1) is 0 Å². The van der Waals surface area contributed by atoms with Crippen LogP contribution in [0.2, 0.25) is 0 Å². The van der Waals surface area contributed by atoms with Crippen LogP contribution >= 0.6 is 0 Å². The summed E-state index contributed by atoms with van der Waals surface area (Å²) in [5.41, 5.74) is 0.652. The number of carbonyl (C=O) groups excluding carboxylic acids is 1. The van der Waals surface area contributed by atoms with E-state index < -0.39 is 6.10 Å². The Hall–Kier alpha value is -1.75. The monoisotopic (exact) mass is 276 g/mol. The second-order valence-corrected chi connectivity index (χ2v) is 5.69. The number of para-hydroxylation sites is 2. The van der Waals surface area contributed by atoms with Gasteiger partial charge in [-0.1, -0.05) is 12.1 Å². The van der Waals surface area contributed by atoms with Gasteiger partial charge in [-0.15, -0.1) is 0 Å². The van der Waals surface area contributed by atoms with Crippen LogP contribution < -0.4 is 15.4 Å². The third-order valence-corrected chi connectivity index (χ3v) is 3.79. The third-order valence-electron chi connectivity index (χ3n) is 3.79. The zero-order valence-electron chi connectivity index (χ0n) is 11.6. The number of hydrogen-bond donors (Lipinski definition) is 2. The molecule has 0 aliphatic carbocycles. The van der Waals surface area contributed by atoms with Crippen molar-refractivity contribution in [3.05, 3.63) is 24.3 Å². The predicted octanol–water partition coefficient (Wildman–Crippen LogP) is 1.54. The summed E-state index contributed by atoms with van der Waals surface area (Å²) in [6, 6.07) is 7.65. The first-order chi connectivity index (χ1) is 9.66. The van der Waals surface area contributed by atoms with Crippen LogP contribution in [0.15, 0.2) is 24.3 Å². The van der Waals surface area contributed by atoms with Crippen molar-refractivity contribution in [3.63, 3.8) is 0 Å². The first-order valence-electron chi connectivity index (χ1n) is 7.06. The fraction of sp³-hybridized carbons (Fsp3) is 0.533. The van der Waals surface area contributed by atoms with E-state index in [0.29, 0.717) is 13.2 Å². The first kappa shape index (κ1) is 13.2. The molecule has 2 N–H and O–H groups in total. The van der Waals surface area contributed by atoms with Crippen LogP contribution in [-0.2, 0) is 9.53 Å². The molecule has 20 heavy (non-hydrogen) atoms. The molecule has 2 unspecified atom stereocenters. The lowest BCUT2D eigenvalue weighted by Crippen LogP contribution is -2.56. The lowest BCUT2D eigenvalue weighted by Gasteiger charge is -2.36. The molecule has 0 aromatic heterocycles. The zero-order chi connectivity index (χ0) is 14.0. The van der Waals surface area contributed by atoms with Crippen LogP contribution in [0.3, 0.4) is 0 Å².